The summed E-state index contributed by atoms with van der Waals surface area (Å²) >= 11 is 0. The van der Waals surface area contributed by atoms with Gasteiger partial charge in [0, 0.05) is 18.7 Å². The second kappa shape index (κ2) is 4.99. The molecule has 1 unspecified atom stereocenters. The third-order valence-corrected chi connectivity index (χ3v) is 2.70. The van der Waals surface area contributed by atoms with E-state index in [9.17, 15) is 0 Å². The number of aromatic nitrogens is 2. The number of para-hydroxylation sites is 1. The first-order chi connectivity index (χ1) is 8.20. The molecule has 0 bridgehead atoms. The van der Waals surface area contributed by atoms with E-state index >= 15 is 0 Å². The number of anilines is 1. The number of hydrogen-bond donors (Lipinski definition) is 1. The molecule has 0 saturated carbocycles. The fourth-order valence-electron chi connectivity index (χ4n) is 1.57. The summed E-state index contributed by atoms with van der Waals surface area (Å²) < 4.78 is 5.46. The summed E-state index contributed by atoms with van der Waals surface area (Å²) in [5, 5.41) is 11.4. The van der Waals surface area contributed by atoms with Gasteiger partial charge < -0.3 is 9.73 Å². The Morgan fingerprint density at radius 3 is 2.71 bits per heavy atom. The normalized spacial score (nSPS) is 12.4. The van der Waals surface area contributed by atoms with Crippen molar-refractivity contribution in [3.63, 3.8) is 0 Å². The highest BCUT2D eigenvalue weighted by molar-refractivity contribution is 5.72. The SMILES string of the molecule is CCC(C)Nc1ccccc1-c1nnc(C)o1. The van der Waals surface area contributed by atoms with Gasteiger partial charge >= 0.3 is 0 Å². The zero-order valence-electron chi connectivity index (χ0n) is 10.4. The Kier molecular flexibility index (Phi) is 3.42. The van der Waals surface area contributed by atoms with Crippen LogP contribution in [-0.4, -0.2) is 16.2 Å². The molecular weight excluding hydrogens is 214 g/mol. The molecule has 0 aliphatic carbocycles. The molecule has 4 heteroatoms. The molecule has 0 saturated heterocycles. The van der Waals surface area contributed by atoms with Crippen molar-refractivity contribution in [2.24, 2.45) is 0 Å². The number of aryl methyl sites for hydroxylation is 1. The topological polar surface area (TPSA) is 51.0 Å². The van der Waals surface area contributed by atoms with Crippen LogP contribution in [0.4, 0.5) is 5.69 Å². The van der Waals surface area contributed by atoms with Crippen molar-refractivity contribution < 1.29 is 4.42 Å². The first-order valence-corrected chi connectivity index (χ1v) is 5.86. The van der Waals surface area contributed by atoms with Gasteiger partial charge in [0.05, 0.1) is 5.56 Å². The second-order valence-electron chi connectivity index (χ2n) is 4.13. The summed E-state index contributed by atoms with van der Waals surface area (Å²) in [6.07, 6.45) is 1.07. The van der Waals surface area contributed by atoms with E-state index < -0.39 is 0 Å². The van der Waals surface area contributed by atoms with E-state index in [2.05, 4.69) is 29.4 Å². The van der Waals surface area contributed by atoms with Gasteiger partial charge in [-0.2, -0.15) is 0 Å². The zero-order valence-corrected chi connectivity index (χ0v) is 10.4. The van der Waals surface area contributed by atoms with E-state index in [-0.39, 0.29) is 0 Å². The molecule has 2 rings (SSSR count). The van der Waals surface area contributed by atoms with E-state index in [1.807, 2.05) is 24.3 Å². The second-order valence-corrected chi connectivity index (χ2v) is 4.13. The predicted molar refractivity (Wildman–Crippen MR) is 67.8 cm³/mol. The molecule has 0 aliphatic heterocycles. The van der Waals surface area contributed by atoms with Crippen LogP contribution in [-0.2, 0) is 0 Å². The Balaban J connectivity index is 2.33. The quantitative estimate of drug-likeness (QED) is 0.877. The molecule has 0 fully saturated rings. The number of hydrogen-bond acceptors (Lipinski definition) is 4. The van der Waals surface area contributed by atoms with Crippen molar-refractivity contribution in [2.75, 3.05) is 5.32 Å². The lowest BCUT2D eigenvalue weighted by Gasteiger charge is -2.14. The Morgan fingerprint density at radius 2 is 2.06 bits per heavy atom. The molecule has 0 aliphatic rings. The zero-order chi connectivity index (χ0) is 12.3. The molecule has 4 nitrogen and oxygen atoms in total. The summed E-state index contributed by atoms with van der Waals surface area (Å²) in [6, 6.07) is 8.40. The summed E-state index contributed by atoms with van der Waals surface area (Å²) in [7, 11) is 0. The first-order valence-electron chi connectivity index (χ1n) is 5.86. The van der Waals surface area contributed by atoms with Gasteiger partial charge in [-0.15, -0.1) is 10.2 Å². The lowest BCUT2D eigenvalue weighted by atomic mass is 10.1. The van der Waals surface area contributed by atoms with Crippen molar-refractivity contribution in [2.45, 2.75) is 33.2 Å². The molecule has 0 spiro atoms. The first kappa shape index (κ1) is 11.6. The van der Waals surface area contributed by atoms with Gasteiger partial charge in [-0.25, -0.2) is 0 Å². The van der Waals surface area contributed by atoms with Crippen LogP contribution in [0.15, 0.2) is 28.7 Å². The molecule has 17 heavy (non-hydrogen) atoms. The minimum absolute atomic E-state index is 0.417. The molecule has 1 aromatic heterocycles. The van der Waals surface area contributed by atoms with Crippen LogP contribution in [0, 0.1) is 6.92 Å². The Bertz CT molecular complexity index is 493. The maximum Gasteiger partial charge on any atom is 0.249 e. The minimum atomic E-state index is 0.417. The Morgan fingerprint density at radius 1 is 1.29 bits per heavy atom. The third-order valence-electron chi connectivity index (χ3n) is 2.70. The third kappa shape index (κ3) is 2.64. The smallest absolute Gasteiger partial charge is 0.249 e. The largest absolute Gasteiger partial charge is 0.421 e. The van der Waals surface area contributed by atoms with Crippen LogP contribution in [0.5, 0.6) is 0 Å². The molecule has 1 heterocycles. The molecule has 1 aromatic carbocycles. The minimum Gasteiger partial charge on any atom is -0.421 e. The standard InChI is InChI=1S/C13H17N3O/c1-4-9(2)14-12-8-6-5-7-11(12)13-16-15-10(3)17-13/h5-9,14H,4H2,1-3H3. The summed E-state index contributed by atoms with van der Waals surface area (Å²) in [5.41, 5.74) is 1.99. The van der Waals surface area contributed by atoms with E-state index in [0.29, 0.717) is 17.8 Å². The average molecular weight is 231 g/mol. The van der Waals surface area contributed by atoms with Crippen molar-refractivity contribution >= 4 is 5.69 Å². The lowest BCUT2D eigenvalue weighted by Crippen LogP contribution is -2.13. The van der Waals surface area contributed by atoms with Crippen LogP contribution >= 0.6 is 0 Å². The van der Waals surface area contributed by atoms with Gasteiger partial charge in [-0.3, -0.25) is 0 Å². The van der Waals surface area contributed by atoms with Crippen molar-refractivity contribution in [3.8, 4) is 11.5 Å². The highest BCUT2D eigenvalue weighted by atomic mass is 16.4. The predicted octanol–water partition coefficient (Wildman–Crippen LogP) is 3.26. The molecular formula is C13H17N3O. The summed E-state index contributed by atoms with van der Waals surface area (Å²) in [4.78, 5) is 0. The summed E-state index contributed by atoms with van der Waals surface area (Å²) in [6.45, 7) is 6.09. The number of nitrogens with zero attached hydrogens (tertiary/aromatic N) is 2. The fraction of sp³-hybridized carbons (Fsp3) is 0.385. The molecule has 0 radical (unpaired) electrons. The molecule has 90 valence electrons. The van der Waals surface area contributed by atoms with Crippen LogP contribution in [0.2, 0.25) is 0 Å². The maximum absolute atomic E-state index is 5.46. The van der Waals surface area contributed by atoms with Crippen molar-refractivity contribution in [3.05, 3.63) is 30.2 Å². The number of benzene rings is 1. The molecule has 1 atom stereocenters. The molecule has 0 amide bonds. The lowest BCUT2D eigenvalue weighted by molar-refractivity contribution is 0.533. The van der Waals surface area contributed by atoms with E-state index in [1.165, 1.54) is 0 Å². The monoisotopic (exact) mass is 231 g/mol. The van der Waals surface area contributed by atoms with Gasteiger partial charge in [0.1, 0.15) is 0 Å². The van der Waals surface area contributed by atoms with Crippen molar-refractivity contribution in [1.29, 1.82) is 0 Å². The Hall–Kier alpha value is -1.84. The van der Waals surface area contributed by atoms with Gasteiger partial charge in [-0.05, 0) is 25.5 Å². The van der Waals surface area contributed by atoms with Crippen LogP contribution in [0.25, 0.3) is 11.5 Å². The van der Waals surface area contributed by atoms with E-state index in [4.69, 9.17) is 4.42 Å². The molecule has 2 aromatic rings. The summed E-state index contributed by atoms with van der Waals surface area (Å²) in [5.74, 6) is 1.15. The molecule has 1 N–H and O–H groups in total. The fourth-order valence-corrected chi connectivity index (χ4v) is 1.57. The van der Waals surface area contributed by atoms with E-state index in [0.717, 1.165) is 17.7 Å². The number of rotatable bonds is 4. The number of nitrogens with one attached hydrogen (secondary N) is 1. The van der Waals surface area contributed by atoms with Gasteiger partial charge in [0.25, 0.3) is 0 Å². The van der Waals surface area contributed by atoms with E-state index in [1.54, 1.807) is 6.92 Å². The van der Waals surface area contributed by atoms with Crippen LogP contribution < -0.4 is 5.32 Å². The van der Waals surface area contributed by atoms with Crippen LogP contribution in [0.3, 0.4) is 0 Å². The van der Waals surface area contributed by atoms with Gasteiger partial charge in [0.2, 0.25) is 11.8 Å². The average Bonchev–Trinajstić information content (AvgIpc) is 2.76. The Labute approximate surface area is 101 Å². The van der Waals surface area contributed by atoms with Gasteiger partial charge in [0.15, 0.2) is 0 Å². The van der Waals surface area contributed by atoms with Crippen LogP contribution in [0.1, 0.15) is 26.2 Å². The van der Waals surface area contributed by atoms with Crippen molar-refractivity contribution in [1.82, 2.24) is 10.2 Å². The maximum atomic E-state index is 5.46. The highest BCUT2D eigenvalue weighted by Crippen LogP contribution is 2.27. The highest BCUT2D eigenvalue weighted by Gasteiger charge is 2.11. The van der Waals surface area contributed by atoms with Gasteiger partial charge in [-0.1, -0.05) is 19.1 Å².